The van der Waals surface area contributed by atoms with E-state index in [0.717, 1.165) is 24.3 Å². The second kappa shape index (κ2) is 12.8. The van der Waals surface area contributed by atoms with Crippen LogP contribution < -0.4 is 5.32 Å². The second-order valence-corrected chi connectivity index (χ2v) is 10.8. The Labute approximate surface area is 237 Å². The molecule has 0 aromatic heterocycles. The van der Waals surface area contributed by atoms with Gasteiger partial charge in [-0.2, -0.15) is 26.3 Å². The van der Waals surface area contributed by atoms with E-state index >= 15 is 0 Å². The number of nitrogens with one attached hydrogen (secondary N) is 1. The lowest BCUT2D eigenvalue weighted by Crippen LogP contribution is -2.41. The van der Waals surface area contributed by atoms with Crippen LogP contribution in [0.25, 0.3) is 6.08 Å². The monoisotopic (exact) mass is 601 g/mol. The number of piperidine rings is 1. The summed E-state index contributed by atoms with van der Waals surface area (Å²) in [5.41, 5.74) is -3.77. The zero-order chi connectivity index (χ0) is 29.8. The van der Waals surface area contributed by atoms with Crippen LogP contribution in [0, 0.1) is 0 Å². The molecule has 6 nitrogen and oxygen atoms in total. The van der Waals surface area contributed by atoms with Crippen LogP contribution in [-0.4, -0.2) is 67.0 Å². The maximum absolute atomic E-state index is 14.2. The topological polar surface area (TPSA) is 61.9 Å². The quantitative estimate of drug-likeness (QED) is 0.317. The maximum atomic E-state index is 14.2. The molecule has 41 heavy (non-hydrogen) atoms. The van der Waals surface area contributed by atoms with E-state index in [-0.39, 0.29) is 38.3 Å². The average Bonchev–Trinajstić information content (AvgIpc) is 2.91. The molecule has 1 N–H and O–H groups in total. The van der Waals surface area contributed by atoms with Crippen LogP contribution in [0.4, 0.5) is 32.0 Å². The van der Waals surface area contributed by atoms with Gasteiger partial charge in [0.1, 0.15) is 0 Å². The van der Waals surface area contributed by atoms with Crippen molar-refractivity contribution in [1.29, 1.82) is 0 Å². The predicted octanol–water partition coefficient (Wildman–Crippen LogP) is 6.17. The molecule has 222 valence electrons. The Balaban J connectivity index is 1.60. The highest BCUT2D eigenvalue weighted by Gasteiger charge is 2.46. The van der Waals surface area contributed by atoms with E-state index in [2.05, 4.69) is 5.32 Å². The number of hydrogen-bond acceptors (Lipinski definition) is 5. The largest absolute Gasteiger partial charge is 0.418 e. The number of nitrogens with zero attached hydrogens (tertiary/aromatic N) is 2. The number of carbonyl (C=O) groups excluding carboxylic acids is 2. The van der Waals surface area contributed by atoms with Gasteiger partial charge in [-0.25, -0.2) is 0 Å². The smallest absolute Gasteiger partial charge is 0.382 e. The lowest BCUT2D eigenvalue weighted by Gasteiger charge is -2.32. The van der Waals surface area contributed by atoms with Crippen molar-refractivity contribution in [3.05, 3.63) is 59.2 Å². The first kappa shape index (κ1) is 30.8. The van der Waals surface area contributed by atoms with Gasteiger partial charge in [0.05, 0.1) is 24.3 Å². The third kappa shape index (κ3) is 7.97. The Morgan fingerprint density at radius 3 is 2.20 bits per heavy atom. The molecule has 2 heterocycles. The number of alkyl halides is 6. The van der Waals surface area contributed by atoms with Gasteiger partial charge in [-0.15, -0.1) is 0 Å². The van der Waals surface area contributed by atoms with Gasteiger partial charge in [-0.3, -0.25) is 9.59 Å². The van der Waals surface area contributed by atoms with Crippen LogP contribution in [0.3, 0.4) is 0 Å². The molecular weight excluding hydrogens is 572 g/mol. The summed E-state index contributed by atoms with van der Waals surface area (Å²) in [6.45, 7) is 3.68. The normalized spacial score (nSPS) is 17.2. The van der Waals surface area contributed by atoms with Crippen molar-refractivity contribution in [2.45, 2.75) is 48.0 Å². The van der Waals surface area contributed by atoms with Gasteiger partial charge < -0.3 is 19.9 Å². The molecular formula is C28H29F6N3O3S. The van der Waals surface area contributed by atoms with Crippen LogP contribution in [0.5, 0.6) is 0 Å². The van der Waals surface area contributed by atoms with Gasteiger partial charge in [0.2, 0.25) is 11.8 Å². The van der Waals surface area contributed by atoms with Crippen molar-refractivity contribution < 1.29 is 40.7 Å². The second-order valence-electron chi connectivity index (χ2n) is 9.72. The molecule has 0 radical (unpaired) electrons. The number of rotatable bonds is 6. The molecule has 0 saturated carbocycles. The van der Waals surface area contributed by atoms with Crippen LogP contribution >= 0.6 is 11.8 Å². The fraction of sp³-hybridized carbons (Fsp3) is 0.429. The van der Waals surface area contributed by atoms with E-state index in [4.69, 9.17) is 4.74 Å². The number of anilines is 1. The van der Waals surface area contributed by atoms with Gasteiger partial charge in [0.15, 0.2) is 0 Å². The molecule has 2 aromatic carbocycles. The summed E-state index contributed by atoms with van der Waals surface area (Å²) in [4.78, 5) is 26.8. The van der Waals surface area contributed by atoms with Crippen molar-refractivity contribution in [3.8, 4) is 0 Å². The summed E-state index contributed by atoms with van der Waals surface area (Å²) in [6, 6.07) is 8.45. The summed E-state index contributed by atoms with van der Waals surface area (Å²) in [6.07, 6.45) is -7.63. The highest BCUT2D eigenvalue weighted by atomic mass is 32.2. The number of likely N-dealkylation sites (tertiary alicyclic amines) is 1. The number of benzene rings is 2. The molecule has 13 heteroatoms. The third-order valence-electron chi connectivity index (χ3n) is 6.87. The van der Waals surface area contributed by atoms with Crippen LogP contribution in [0.15, 0.2) is 52.3 Å². The molecule has 2 aliphatic rings. The lowest BCUT2D eigenvalue weighted by atomic mass is 9.99. The first-order valence-corrected chi connectivity index (χ1v) is 13.8. The van der Waals surface area contributed by atoms with Crippen molar-refractivity contribution >= 4 is 35.3 Å². The molecule has 2 fully saturated rings. The fourth-order valence-corrected chi connectivity index (χ4v) is 5.85. The van der Waals surface area contributed by atoms with Crippen molar-refractivity contribution in [2.24, 2.45) is 0 Å². The summed E-state index contributed by atoms with van der Waals surface area (Å²) >= 11 is 0.582. The SMILES string of the molecule is CC(=O)N1CCC(Nc2cccc(Sc3ccc(C=CC(=O)N4CCOCC4)c(C(F)(F)F)c3C(F)(F)F)c2)CC1. The van der Waals surface area contributed by atoms with E-state index in [1.165, 1.54) is 17.9 Å². The Hall–Kier alpha value is -3.19. The van der Waals surface area contributed by atoms with Gasteiger partial charge in [0, 0.05) is 60.7 Å². The molecule has 0 spiro atoms. The molecule has 0 unspecified atom stereocenters. The molecule has 0 bridgehead atoms. The third-order valence-corrected chi connectivity index (χ3v) is 7.92. The van der Waals surface area contributed by atoms with E-state index < -0.39 is 39.8 Å². The maximum Gasteiger partial charge on any atom is 0.418 e. The zero-order valence-corrected chi connectivity index (χ0v) is 23.0. The predicted molar refractivity (Wildman–Crippen MR) is 142 cm³/mol. The van der Waals surface area contributed by atoms with Crippen molar-refractivity contribution in [1.82, 2.24) is 9.80 Å². The minimum Gasteiger partial charge on any atom is -0.382 e. The van der Waals surface area contributed by atoms with Gasteiger partial charge in [-0.05, 0) is 48.7 Å². The molecule has 0 aliphatic carbocycles. The molecule has 4 rings (SSSR count). The van der Waals surface area contributed by atoms with Crippen LogP contribution in [0.2, 0.25) is 0 Å². The number of amides is 2. The Morgan fingerprint density at radius 1 is 0.927 bits per heavy atom. The number of hydrogen-bond donors (Lipinski definition) is 1. The molecule has 2 saturated heterocycles. The van der Waals surface area contributed by atoms with E-state index in [9.17, 15) is 35.9 Å². The molecule has 2 aromatic rings. The number of carbonyl (C=O) groups is 2. The molecule has 2 aliphatic heterocycles. The Bertz CT molecular complexity index is 1280. The van der Waals surface area contributed by atoms with Gasteiger partial charge in [-0.1, -0.05) is 23.9 Å². The summed E-state index contributed by atoms with van der Waals surface area (Å²) < 4.78 is 90.3. The van der Waals surface area contributed by atoms with Gasteiger partial charge in [0.25, 0.3) is 0 Å². The van der Waals surface area contributed by atoms with E-state index in [1.807, 2.05) is 0 Å². The Kier molecular flexibility index (Phi) is 9.58. The fourth-order valence-electron chi connectivity index (χ4n) is 4.81. The minimum absolute atomic E-state index is 0.00856. The summed E-state index contributed by atoms with van der Waals surface area (Å²) in [5.74, 6) is -0.615. The summed E-state index contributed by atoms with van der Waals surface area (Å²) in [5, 5.41) is 3.30. The molecule has 0 atom stereocenters. The number of ether oxygens (including phenoxy) is 1. The highest BCUT2D eigenvalue weighted by molar-refractivity contribution is 7.99. The van der Waals surface area contributed by atoms with Crippen LogP contribution in [-0.2, 0) is 26.7 Å². The number of morpholine rings is 1. The molecule has 2 amide bonds. The highest BCUT2D eigenvalue weighted by Crippen LogP contribution is 2.48. The average molecular weight is 602 g/mol. The van der Waals surface area contributed by atoms with Gasteiger partial charge >= 0.3 is 12.4 Å². The lowest BCUT2D eigenvalue weighted by molar-refractivity contribution is -0.163. The first-order valence-electron chi connectivity index (χ1n) is 13.0. The first-order chi connectivity index (χ1) is 19.3. The van der Waals surface area contributed by atoms with Crippen LogP contribution in [0.1, 0.15) is 36.5 Å². The number of halogens is 6. The van der Waals surface area contributed by atoms with E-state index in [1.54, 1.807) is 23.1 Å². The Morgan fingerprint density at radius 2 is 1.59 bits per heavy atom. The summed E-state index contributed by atoms with van der Waals surface area (Å²) in [7, 11) is 0. The van der Waals surface area contributed by atoms with Crippen molar-refractivity contribution in [2.75, 3.05) is 44.7 Å². The minimum atomic E-state index is -5.33. The standard InChI is InChI=1S/C28H29F6N3O3S/c1-18(38)36-11-9-20(10-12-36)35-21-3-2-4-22(17-21)41-23-7-5-19(6-8-24(39)37-13-15-40-16-14-37)25(27(29,30)31)26(23)28(32,33)34/h2-8,17,20,35H,9-16H2,1H3. The zero-order valence-electron chi connectivity index (χ0n) is 22.1. The van der Waals surface area contributed by atoms with E-state index in [0.29, 0.717) is 48.3 Å². The van der Waals surface area contributed by atoms with Crippen molar-refractivity contribution in [3.63, 3.8) is 0 Å².